The molecule has 208 valence electrons. The Bertz CT molecular complexity index is 1230. The summed E-state index contributed by atoms with van der Waals surface area (Å²) in [5, 5.41) is 12.2. The van der Waals surface area contributed by atoms with E-state index < -0.39 is 32.2 Å². The van der Waals surface area contributed by atoms with Gasteiger partial charge in [-0.25, -0.2) is 21.9 Å². The van der Waals surface area contributed by atoms with Crippen molar-refractivity contribution < 1.29 is 26.7 Å². The Balaban J connectivity index is 0.000000474. The van der Waals surface area contributed by atoms with Crippen LogP contribution in [0.1, 0.15) is 38.2 Å². The molecule has 1 aliphatic heterocycles. The van der Waals surface area contributed by atoms with E-state index in [1.165, 1.54) is 19.1 Å². The predicted octanol–water partition coefficient (Wildman–Crippen LogP) is 4.37. The summed E-state index contributed by atoms with van der Waals surface area (Å²) in [5.41, 5.74) is -1.46. The number of rotatable bonds is 9. The van der Waals surface area contributed by atoms with Gasteiger partial charge >= 0.3 is 0 Å². The van der Waals surface area contributed by atoms with Crippen LogP contribution < -0.4 is 10.0 Å². The normalized spacial score (nSPS) is 17.2. The van der Waals surface area contributed by atoms with Crippen LogP contribution in [-0.2, 0) is 19.6 Å². The summed E-state index contributed by atoms with van der Waals surface area (Å²) >= 11 is 1.61. The van der Waals surface area contributed by atoms with Crippen molar-refractivity contribution >= 4 is 33.4 Å². The summed E-state index contributed by atoms with van der Waals surface area (Å²) < 4.78 is 59.4. The molecule has 2 aromatic rings. The monoisotopic (exact) mass is 568 g/mol. The Morgan fingerprint density at radius 3 is 2.45 bits per heavy atom. The summed E-state index contributed by atoms with van der Waals surface area (Å²) in [6.07, 6.45) is 4.61. The van der Waals surface area contributed by atoms with Gasteiger partial charge in [-0.2, -0.15) is 5.26 Å². The fraction of sp³-hybridized carbons (Fsp3) is 0.462. The molecule has 0 bridgehead atoms. The second kappa shape index (κ2) is 14.4. The quantitative estimate of drug-likeness (QED) is 0.339. The van der Waals surface area contributed by atoms with Gasteiger partial charge in [-0.05, 0) is 95.9 Å². The first-order chi connectivity index (χ1) is 17.9. The number of nitrogens with zero attached hydrogens (tertiary/aromatic N) is 2. The molecule has 0 unspecified atom stereocenters. The van der Waals surface area contributed by atoms with Gasteiger partial charge in [0.15, 0.2) is 0 Å². The van der Waals surface area contributed by atoms with Crippen molar-refractivity contribution in [1.82, 2.24) is 9.62 Å². The maximum absolute atomic E-state index is 14.6. The van der Waals surface area contributed by atoms with E-state index in [0.717, 1.165) is 36.4 Å². The van der Waals surface area contributed by atoms with Gasteiger partial charge in [0.05, 0.1) is 16.1 Å². The smallest absolute Gasteiger partial charge is 0.265 e. The maximum Gasteiger partial charge on any atom is 0.265 e. The van der Waals surface area contributed by atoms with Crippen LogP contribution in [0.3, 0.4) is 0 Å². The van der Waals surface area contributed by atoms with Crippen LogP contribution in [0.5, 0.6) is 0 Å². The lowest BCUT2D eigenvalue weighted by atomic mass is 9.95. The number of ether oxygens (including phenoxy) is 1. The largest absolute Gasteiger partial charge is 0.382 e. The number of amides is 1. The minimum Gasteiger partial charge on any atom is -0.382 e. The van der Waals surface area contributed by atoms with Crippen LogP contribution >= 0.6 is 11.8 Å². The highest BCUT2D eigenvalue weighted by Crippen LogP contribution is 2.27. The van der Waals surface area contributed by atoms with Crippen LogP contribution in [-0.4, -0.2) is 64.9 Å². The number of benzene rings is 2. The van der Waals surface area contributed by atoms with Crippen LogP contribution in [0.25, 0.3) is 0 Å². The average molecular weight is 569 g/mol. The zero-order valence-corrected chi connectivity index (χ0v) is 23.6. The highest BCUT2D eigenvalue weighted by Gasteiger charge is 2.38. The molecule has 2 aromatic carbocycles. The Morgan fingerprint density at radius 1 is 1.21 bits per heavy atom. The van der Waals surface area contributed by atoms with Gasteiger partial charge in [-0.3, -0.25) is 4.79 Å². The van der Waals surface area contributed by atoms with Gasteiger partial charge in [0.2, 0.25) is 0 Å². The molecule has 1 heterocycles. The molecule has 0 radical (unpaired) electrons. The minimum absolute atomic E-state index is 0.0564. The van der Waals surface area contributed by atoms with Gasteiger partial charge in [-0.15, -0.1) is 11.8 Å². The molecule has 12 heteroatoms. The number of carbonyl (C=O) groups is 1. The van der Waals surface area contributed by atoms with E-state index >= 15 is 0 Å². The van der Waals surface area contributed by atoms with Crippen molar-refractivity contribution in [3.05, 3.63) is 53.6 Å². The molecule has 0 saturated carbocycles. The third-order valence-electron chi connectivity index (χ3n) is 5.80. The SMILES string of the molecule is CN(C)CCCNc1c(F)cc(S(=O)(=O)NC(=O)[C@@]2(C)CCCCO2)cc1C#N.CSc1ccc(F)cc1. The topological polar surface area (TPSA) is 112 Å². The molecule has 1 amide bonds. The van der Waals surface area contributed by atoms with Gasteiger partial charge < -0.3 is 15.0 Å². The van der Waals surface area contributed by atoms with E-state index in [4.69, 9.17) is 4.74 Å². The van der Waals surface area contributed by atoms with E-state index in [9.17, 15) is 27.3 Å². The number of thioether (sulfide) groups is 1. The number of nitriles is 1. The zero-order valence-electron chi connectivity index (χ0n) is 22.0. The second-order valence-corrected chi connectivity index (χ2v) is 11.7. The Morgan fingerprint density at radius 2 is 1.89 bits per heavy atom. The van der Waals surface area contributed by atoms with E-state index in [1.54, 1.807) is 23.9 Å². The Kier molecular flexibility index (Phi) is 12.0. The highest BCUT2D eigenvalue weighted by atomic mass is 32.2. The number of nitrogens with one attached hydrogen (secondary N) is 2. The first kappa shape index (κ1) is 31.5. The lowest BCUT2D eigenvalue weighted by molar-refractivity contribution is -0.148. The molecule has 3 rings (SSSR count). The number of sulfonamides is 1. The van der Waals surface area contributed by atoms with Crippen molar-refractivity contribution in [3.63, 3.8) is 0 Å². The molecule has 2 N–H and O–H groups in total. The Hall–Kier alpha value is -2.72. The van der Waals surface area contributed by atoms with Crippen molar-refractivity contribution in [1.29, 1.82) is 5.26 Å². The third-order valence-corrected chi connectivity index (χ3v) is 7.86. The molecule has 1 saturated heterocycles. The summed E-state index contributed by atoms with van der Waals surface area (Å²) in [5.74, 6) is -1.85. The fourth-order valence-electron chi connectivity index (χ4n) is 3.59. The first-order valence-corrected chi connectivity index (χ1v) is 14.8. The summed E-state index contributed by atoms with van der Waals surface area (Å²) in [4.78, 5) is 15.0. The summed E-state index contributed by atoms with van der Waals surface area (Å²) in [6.45, 7) is 3.09. The summed E-state index contributed by atoms with van der Waals surface area (Å²) in [6, 6.07) is 10.1. The molecular weight excluding hydrogens is 534 g/mol. The fourth-order valence-corrected chi connectivity index (χ4v) is 5.10. The molecule has 0 spiro atoms. The van der Waals surface area contributed by atoms with E-state index in [-0.39, 0.29) is 17.1 Å². The van der Waals surface area contributed by atoms with E-state index in [1.807, 2.05) is 36.0 Å². The number of hydrogen-bond acceptors (Lipinski definition) is 8. The molecule has 0 aliphatic carbocycles. The zero-order chi connectivity index (χ0) is 28.3. The first-order valence-electron chi connectivity index (χ1n) is 12.0. The molecule has 38 heavy (non-hydrogen) atoms. The third kappa shape index (κ3) is 9.23. The highest BCUT2D eigenvalue weighted by molar-refractivity contribution is 7.98. The van der Waals surface area contributed by atoms with Gasteiger partial charge in [0.25, 0.3) is 15.9 Å². The molecule has 0 aromatic heterocycles. The lowest BCUT2D eigenvalue weighted by Gasteiger charge is -2.32. The molecule has 8 nitrogen and oxygen atoms in total. The second-order valence-electron chi connectivity index (χ2n) is 9.15. The van der Waals surface area contributed by atoms with Crippen molar-refractivity contribution in [2.75, 3.05) is 45.4 Å². The lowest BCUT2D eigenvalue weighted by Crippen LogP contribution is -2.50. The summed E-state index contributed by atoms with van der Waals surface area (Å²) in [7, 11) is -0.539. The number of halogens is 2. The predicted molar refractivity (Wildman–Crippen MR) is 144 cm³/mol. The van der Waals surface area contributed by atoms with E-state index in [2.05, 4.69) is 5.32 Å². The van der Waals surface area contributed by atoms with Crippen molar-refractivity contribution in [3.8, 4) is 6.07 Å². The number of carbonyl (C=O) groups excluding carboxylic acids is 1. The Labute approximate surface area is 227 Å². The van der Waals surface area contributed by atoms with Crippen LogP contribution in [0.4, 0.5) is 14.5 Å². The van der Waals surface area contributed by atoms with Gasteiger partial charge in [0.1, 0.15) is 23.3 Å². The van der Waals surface area contributed by atoms with Crippen molar-refractivity contribution in [2.24, 2.45) is 0 Å². The average Bonchev–Trinajstić information content (AvgIpc) is 2.88. The number of hydrogen-bond donors (Lipinski definition) is 2. The number of anilines is 1. The van der Waals surface area contributed by atoms with Crippen LogP contribution in [0.15, 0.2) is 46.2 Å². The molecular formula is C26H34F2N4O4S2. The molecule has 1 atom stereocenters. The standard InChI is InChI=1S/C19H27FN4O4S.C7H7FS/c1-19(7-4-5-10-28-19)18(25)23-29(26,27)15-11-14(13-21)17(16(20)12-15)22-8-6-9-24(2)3;1-9-7-4-2-6(8)3-5-7/h11-12,22H,4-10H2,1-3H3,(H,23,25);2-5H,1H3/t19-;/m1./s1. The van der Waals surface area contributed by atoms with Crippen molar-refractivity contribution in [2.45, 2.75) is 48.0 Å². The maximum atomic E-state index is 14.6. The van der Waals surface area contributed by atoms with E-state index in [0.29, 0.717) is 26.0 Å². The minimum atomic E-state index is -4.36. The van der Waals surface area contributed by atoms with Crippen LogP contribution in [0.2, 0.25) is 0 Å². The molecule has 1 aliphatic rings. The van der Waals surface area contributed by atoms with Crippen LogP contribution in [0, 0.1) is 23.0 Å². The van der Waals surface area contributed by atoms with Gasteiger partial charge in [0, 0.05) is 18.0 Å². The molecule has 1 fully saturated rings. The van der Waals surface area contributed by atoms with Gasteiger partial charge in [-0.1, -0.05) is 0 Å².